The lowest BCUT2D eigenvalue weighted by Crippen LogP contribution is -2.65. The fraction of sp³-hybridized carbons (Fsp3) is 0.703. The number of nitro benzene ring substituents is 1. The van der Waals surface area contributed by atoms with Crippen molar-refractivity contribution in [3.63, 3.8) is 0 Å². The number of ether oxygens (including phenoxy) is 4. The van der Waals surface area contributed by atoms with E-state index in [1.807, 2.05) is 11.9 Å². The number of likely N-dealkylation sites (tertiary alicyclic amines) is 1. The standard InChI is InChI=1S/C37H53Cl3N4O14S/c1-5-7-20-16-24(43(3)17-20)35(51)42-28(19(2)38)32-30(49)31(50)33(37(58-32)59-4)57-27(47)8-6-15-55-25(45)13-14-26(46)56-18-23(41-36(52)34(39)40)29(48)21-9-11-22(12-10-21)44(53)54/h9-12,19-20,23-24,28-34,37,48-50H,5-8,13-18H2,1-4H3,(H,41,52)(H,42,51)/t19?,20?,23?,24?,28-,29?,30-,31+,32-,33-,37-/m1/s1. The number of benzene rings is 1. The summed E-state index contributed by atoms with van der Waals surface area (Å²) in [5, 5.41) is 48.5. The molecule has 332 valence electrons. The third-order valence-corrected chi connectivity index (χ3v) is 11.5. The molecule has 11 atom stereocenters. The molecule has 2 fully saturated rings. The molecule has 0 saturated carbocycles. The first kappa shape index (κ1) is 50.3. The highest BCUT2D eigenvalue weighted by Gasteiger charge is 2.50. The largest absolute Gasteiger partial charge is 0.466 e. The Balaban J connectivity index is 1.44. The number of rotatable bonds is 22. The van der Waals surface area contributed by atoms with Crippen LogP contribution in [0.1, 0.15) is 70.5 Å². The van der Waals surface area contributed by atoms with Crippen molar-refractivity contribution in [2.45, 2.75) is 123 Å². The van der Waals surface area contributed by atoms with E-state index in [4.69, 9.17) is 53.8 Å². The number of nitro groups is 1. The molecule has 0 bridgehead atoms. The Morgan fingerprint density at radius 2 is 1.66 bits per heavy atom. The van der Waals surface area contributed by atoms with Crippen LogP contribution in [0.2, 0.25) is 0 Å². The fourth-order valence-electron chi connectivity index (χ4n) is 6.85. The first-order valence-corrected chi connectivity index (χ1v) is 21.7. The van der Waals surface area contributed by atoms with Gasteiger partial charge in [-0.1, -0.05) is 36.5 Å². The number of hydrogen-bond acceptors (Lipinski definition) is 16. The van der Waals surface area contributed by atoms with E-state index in [1.54, 1.807) is 13.2 Å². The SMILES string of the molecule is CCCC1CC(C(=O)N[C@H](C(C)Cl)[C@H]2O[C@H](SC)[C@H](OC(=O)CCCOC(=O)CCC(=O)OCC(NC(=O)C(Cl)Cl)C(O)c3ccc([N+](=O)[O-])cc3)[C@@H](O)[C@H]2O)N(C)C1. The molecule has 0 aliphatic carbocycles. The molecule has 2 amide bonds. The summed E-state index contributed by atoms with van der Waals surface area (Å²) in [6, 6.07) is 2.27. The number of nitrogens with zero attached hydrogens (tertiary/aromatic N) is 2. The average molecular weight is 916 g/mol. The number of amides is 2. The van der Waals surface area contributed by atoms with E-state index in [1.165, 1.54) is 12.1 Å². The van der Waals surface area contributed by atoms with Crippen molar-refractivity contribution >= 4 is 82.0 Å². The summed E-state index contributed by atoms with van der Waals surface area (Å²) in [5.41, 5.74) is -1.01. The Kier molecular flexibility index (Phi) is 20.9. The molecule has 2 aliphatic heterocycles. The van der Waals surface area contributed by atoms with Gasteiger partial charge in [-0.15, -0.1) is 23.4 Å². The Hall–Kier alpha value is -3.01. The molecule has 18 nitrogen and oxygen atoms in total. The molecule has 2 saturated heterocycles. The number of nitrogens with one attached hydrogen (secondary N) is 2. The van der Waals surface area contributed by atoms with Crippen molar-refractivity contribution in [3.05, 3.63) is 39.9 Å². The Morgan fingerprint density at radius 1 is 1.02 bits per heavy atom. The van der Waals surface area contributed by atoms with Crippen LogP contribution in [0, 0.1) is 16.0 Å². The molecule has 5 N–H and O–H groups in total. The molecule has 0 radical (unpaired) electrons. The van der Waals surface area contributed by atoms with E-state index in [0.717, 1.165) is 43.3 Å². The number of halogens is 3. The van der Waals surface area contributed by atoms with E-state index >= 15 is 0 Å². The fourth-order valence-corrected chi connectivity index (χ4v) is 7.91. The number of thioether (sulfide) groups is 1. The van der Waals surface area contributed by atoms with Crippen LogP contribution in [0.5, 0.6) is 0 Å². The topological polar surface area (TPSA) is 253 Å². The lowest BCUT2D eigenvalue weighted by Gasteiger charge is -2.45. The van der Waals surface area contributed by atoms with Gasteiger partial charge in [0.15, 0.2) is 10.9 Å². The van der Waals surface area contributed by atoms with E-state index < -0.39 is 106 Å². The van der Waals surface area contributed by atoms with Crippen molar-refractivity contribution < 1.29 is 63.2 Å². The van der Waals surface area contributed by atoms with Gasteiger partial charge in [0.05, 0.1) is 47.9 Å². The van der Waals surface area contributed by atoms with Crippen LogP contribution in [0.3, 0.4) is 0 Å². The smallest absolute Gasteiger partial charge is 0.306 e. The highest BCUT2D eigenvalue weighted by molar-refractivity contribution is 7.99. The van der Waals surface area contributed by atoms with Crippen LogP contribution in [0.25, 0.3) is 0 Å². The number of alkyl halides is 3. The number of aliphatic hydroxyl groups is 3. The van der Waals surface area contributed by atoms with Crippen LogP contribution in [0.15, 0.2) is 24.3 Å². The summed E-state index contributed by atoms with van der Waals surface area (Å²) < 4.78 is 21.8. The first-order valence-electron chi connectivity index (χ1n) is 19.1. The average Bonchev–Trinajstić information content (AvgIpc) is 3.57. The van der Waals surface area contributed by atoms with Gasteiger partial charge >= 0.3 is 17.9 Å². The van der Waals surface area contributed by atoms with Gasteiger partial charge in [-0.3, -0.25) is 39.0 Å². The highest BCUT2D eigenvalue weighted by atomic mass is 35.5. The normalized spacial score (nSPS) is 25.3. The number of hydrogen-bond donors (Lipinski definition) is 5. The van der Waals surface area contributed by atoms with Gasteiger partial charge in [-0.2, -0.15) is 0 Å². The molecule has 22 heteroatoms. The van der Waals surface area contributed by atoms with Gasteiger partial charge in [-0.25, -0.2) is 0 Å². The molecular weight excluding hydrogens is 863 g/mol. The molecular formula is C37H53Cl3N4O14S. The van der Waals surface area contributed by atoms with Crippen molar-refractivity contribution in [1.29, 1.82) is 0 Å². The second kappa shape index (κ2) is 24.4. The van der Waals surface area contributed by atoms with Crippen LogP contribution in [-0.2, 0) is 42.9 Å². The quantitative estimate of drug-likeness (QED) is 0.0280. The van der Waals surface area contributed by atoms with Gasteiger partial charge in [0.1, 0.15) is 36.5 Å². The number of carbonyl (C=O) groups excluding carboxylic acids is 5. The lowest BCUT2D eigenvalue weighted by atomic mass is 9.92. The van der Waals surface area contributed by atoms with Gasteiger partial charge in [0.2, 0.25) is 5.91 Å². The summed E-state index contributed by atoms with van der Waals surface area (Å²) in [7, 11) is 1.88. The first-order chi connectivity index (χ1) is 27.9. The summed E-state index contributed by atoms with van der Waals surface area (Å²) >= 11 is 18.8. The molecule has 0 aromatic heterocycles. The third-order valence-electron chi connectivity index (χ3n) is 9.97. The molecule has 1 aromatic rings. The second-order valence-electron chi connectivity index (χ2n) is 14.4. The number of aliphatic hydroxyl groups excluding tert-OH is 3. The van der Waals surface area contributed by atoms with Crippen LogP contribution < -0.4 is 10.6 Å². The lowest BCUT2D eigenvalue weighted by molar-refractivity contribution is -0.384. The van der Waals surface area contributed by atoms with Gasteiger partial charge in [0.25, 0.3) is 11.6 Å². The zero-order valence-electron chi connectivity index (χ0n) is 33.1. The molecule has 59 heavy (non-hydrogen) atoms. The van der Waals surface area contributed by atoms with Gasteiger partial charge < -0.3 is 44.9 Å². The monoisotopic (exact) mass is 914 g/mol. The van der Waals surface area contributed by atoms with Gasteiger partial charge in [-0.05, 0) is 63.1 Å². The molecule has 2 heterocycles. The zero-order valence-corrected chi connectivity index (χ0v) is 36.2. The zero-order chi connectivity index (χ0) is 44.0. The highest BCUT2D eigenvalue weighted by Crippen LogP contribution is 2.33. The maximum absolute atomic E-state index is 13.3. The van der Waals surface area contributed by atoms with Crippen LogP contribution >= 0.6 is 46.6 Å². The minimum Gasteiger partial charge on any atom is -0.466 e. The maximum Gasteiger partial charge on any atom is 0.306 e. The van der Waals surface area contributed by atoms with E-state index in [-0.39, 0.29) is 42.6 Å². The molecule has 1 aromatic carbocycles. The Morgan fingerprint density at radius 3 is 2.24 bits per heavy atom. The van der Waals surface area contributed by atoms with E-state index in [0.29, 0.717) is 12.3 Å². The summed E-state index contributed by atoms with van der Waals surface area (Å²) in [4.78, 5) is 73.7. The second-order valence-corrected chi connectivity index (χ2v) is 17.1. The number of esters is 3. The van der Waals surface area contributed by atoms with Gasteiger partial charge in [0, 0.05) is 25.1 Å². The molecule has 3 rings (SSSR count). The molecule has 0 spiro atoms. The minimum atomic E-state index is -1.58. The Bertz CT molecular complexity index is 1580. The van der Waals surface area contributed by atoms with Crippen molar-refractivity contribution in [2.75, 3.05) is 33.1 Å². The molecule has 5 unspecified atom stereocenters. The summed E-state index contributed by atoms with van der Waals surface area (Å²) in [6.07, 6.45) is -3.73. The third kappa shape index (κ3) is 15.1. The predicted molar refractivity (Wildman–Crippen MR) is 217 cm³/mol. The van der Waals surface area contributed by atoms with E-state index in [2.05, 4.69) is 17.6 Å². The van der Waals surface area contributed by atoms with Crippen molar-refractivity contribution in [1.82, 2.24) is 15.5 Å². The van der Waals surface area contributed by atoms with Crippen LogP contribution in [-0.4, -0.2) is 146 Å². The van der Waals surface area contributed by atoms with E-state index in [9.17, 15) is 49.4 Å². The van der Waals surface area contributed by atoms with Crippen LogP contribution in [0.4, 0.5) is 5.69 Å². The number of likely N-dealkylation sites (N-methyl/N-ethyl adjacent to an activating group) is 1. The maximum atomic E-state index is 13.3. The summed E-state index contributed by atoms with van der Waals surface area (Å²) in [5.74, 6) is -3.21. The Labute approximate surface area is 361 Å². The van der Waals surface area contributed by atoms with Crippen molar-refractivity contribution in [2.24, 2.45) is 5.92 Å². The summed E-state index contributed by atoms with van der Waals surface area (Å²) in [6.45, 7) is 3.74. The predicted octanol–water partition coefficient (Wildman–Crippen LogP) is 2.52. The minimum absolute atomic E-state index is 0.0183. The van der Waals surface area contributed by atoms with Crippen molar-refractivity contribution in [3.8, 4) is 0 Å². The number of non-ortho nitro benzene ring substituents is 1. The molecule has 2 aliphatic rings. The number of carbonyl (C=O) groups is 5.